The predicted octanol–water partition coefficient (Wildman–Crippen LogP) is 3.50. The van der Waals surface area contributed by atoms with Crippen LogP contribution in [0, 0.1) is 6.92 Å². The van der Waals surface area contributed by atoms with E-state index < -0.39 is 6.04 Å². The number of amides is 1. The highest BCUT2D eigenvalue weighted by Crippen LogP contribution is 2.39. The summed E-state index contributed by atoms with van der Waals surface area (Å²) in [4.78, 5) is 11.6. The number of nitrogens with one attached hydrogen (secondary N) is 1. The lowest BCUT2D eigenvalue weighted by Gasteiger charge is -2.11. The van der Waals surface area contributed by atoms with Gasteiger partial charge in [-0.3, -0.25) is 4.79 Å². The van der Waals surface area contributed by atoms with Gasteiger partial charge in [-0.05, 0) is 46.6 Å². The molecule has 1 aliphatic heterocycles. The molecular formula is C15H13BrN2O2. The molecule has 1 amide bonds. The van der Waals surface area contributed by atoms with Gasteiger partial charge in [-0.1, -0.05) is 12.1 Å². The standard InChI is InChI=1S/C15H13BrN2O2/c1-8-3-2-4-9(5-8)20-13-7-12-10(6-11(13)16)14(17)15(19)18-12/h2-7,14H,17H2,1H3,(H,18,19). The average molecular weight is 333 g/mol. The van der Waals surface area contributed by atoms with Gasteiger partial charge in [0.2, 0.25) is 5.91 Å². The van der Waals surface area contributed by atoms with Crippen LogP contribution in [-0.2, 0) is 4.79 Å². The molecule has 1 heterocycles. The Labute approximate surface area is 125 Å². The number of ether oxygens (including phenoxy) is 1. The Morgan fingerprint density at radius 2 is 2.10 bits per heavy atom. The van der Waals surface area contributed by atoms with Crippen LogP contribution in [0.2, 0.25) is 0 Å². The van der Waals surface area contributed by atoms with Gasteiger partial charge >= 0.3 is 0 Å². The van der Waals surface area contributed by atoms with Crippen LogP contribution in [0.5, 0.6) is 11.5 Å². The number of carbonyl (C=O) groups is 1. The van der Waals surface area contributed by atoms with Crippen molar-refractivity contribution < 1.29 is 9.53 Å². The third kappa shape index (κ3) is 2.30. The summed E-state index contributed by atoms with van der Waals surface area (Å²) in [5, 5.41) is 2.75. The van der Waals surface area contributed by atoms with E-state index in [1.807, 2.05) is 37.3 Å². The lowest BCUT2D eigenvalue weighted by molar-refractivity contribution is -0.116. The third-order valence-corrected chi connectivity index (χ3v) is 3.82. The second kappa shape index (κ2) is 4.92. The molecule has 0 aliphatic carbocycles. The highest BCUT2D eigenvalue weighted by molar-refractivity contribution is 9.10. The predicted molar refractivity (Wildman–Crippen MR) is 81.0 cm³/mol. The van der Waals surface area contributed by atoms with Crippen LogP contribution in [0.15, 0.2) is 40.9 Å². The van der Waals surface area contributed by atoms with Crippen LogP contribution in [-0.4, -0.2) is 5.91 Å². The first-order valence-electron chi connectivity index (χ1n) is 6.19. The number of aryl methyl sites for hydroxylation is 1. The summed E-state index contributed by atoms with van der Waals surface area (Å²) in [7, 11) is 0. The van der Waals surface area contributed by atoms with Crippen LogP contribution in [0.1, 0.15) is 17.2 Å². The number of hydrogen-bond acceptors (Lipinski definition) is 3. The van der Waals surface area contributed by atoms with Crippen LogP contribution in [0.4, 0.5) is 5.69 Å². The molecule has 3 N–H and O–H groups in total. The fourth-order valence-electron chi connectivity index (χ4n) is 2.17. The summed E-state index contributed by atoms with van der Waals surface area (Å²) in [5.74, 6) is 1.20. The zero-order chi connectivity index (χ0) is 14.3. The van der Waals surface area contributed by atoms with E-state index in [0.717, 1.165) is 21.3 Å². The van der Waals surface area contributed by atoms with Gasteiger partial charge in [0, 0.05) is 17.3 Å². The molecular weight excluding hydrogens is 320 g/mol. The Morgan fingerprint density at radius 1 is 1.30 bits per heavy atom. The minimum atomic E-state index is -0.616. The molecule has 2 aromatic rings. The number of nitrogens with two attached hydrogens (primary N) is 1. The van der Waals surface area contributed by atoms with E-state index in [0.29, 0.717) is 11.4 Å². The molecule has 4 nitrogen and oxygen atoms in total. The van der Waals surface area contributed by atoms with Crippen molar-refractivity contribution >= 4 is 27.5 Å². The van der Waals surface area contributed by atoms with Gasteiger partial charge in [0.25, 0.3) is 0 Å². The molecule has 0 bridgehead atoms. The highest BCUT2D eigenvalue weighted by Gasteiger charge is 2.28. The summed E-state index contributed by atoms with van der Waals surface area (Å²) in [6.07, 6.45) is 0. The lowest BCUT2D eigenvalue weighted by Crippen LogP contribution is -2.19. The first kappa shape index (κ1) is 13.1. The van der Waals surface area contributed by atoms with Crippen molar-refractivity contribution in [2.45, 2.75) is 13.0 Å². The van der Waals surface area contributed by atoms with Crippen molar-refractivity contribution in [3.63, 3.8) is 0 Å². The average Bonchev–Trinajstić information content (AvgIpc) is 2.66. The molecule has 0 spiro atoms. The first-order chi connectivity index (χ1) is 9.54. The van der Waals surface area contributed by atoms with E-state index in [9.17, 15) is 4.79 Å². The zero-order valence-corrected chi connectivity index (χ0v) is 12.4. The number of fused-ring (bicyclic) bond motifs is 1. The van der Waals surface area contributed by atoms with Crippen molar-refractivity contribution in [1.82, 2.24) is 0 Å². The van der Waals surface area contributed by atoms with E-state index in [1.165, 1.54) is 0 Å². The van der Waals surface area contributed by atoms with Crippen LogP contribution in [0.25, 0.3) is 0 Å². The molecule has 1 unspecified atom stereocenters. The molecule has 1 aliphatic rings. The van der Waals surface area contributed by atoms with Crippen molar-refractivity contribution in [2.24, 2.45) is 5.73 Å². The fraction of sp³-hybridized carbons (Fsp3) is 0.133. The summed E-state index contributed by atoms with van der Waals surface area (Å²) < 4.78 is 6.61. The molecule has 0 radical (unpaired) electrons. The van der Waals surface area contributed by atoms with Gasteiger partial charge < -0.3 is 15.8 Å². The van der Waals surface area contributed by atoms with Crippen molar-refractivity contribution in [1.29, 1.82) is 0 Å². The van der Waals surface area contributed by atoms with Gasteiger partial charge in [0.05, 0.1) is 4.47 Å². The topological polar surface area (TPSA) is 64.3 Å². The Hall–Kier alpha value is -1.85. The zero-order valence-electron chi connectivity index (χ0n) is 10.8. The van der Waals surface area contributed by atoms with E-state index in [-0.39, 0.29) is 5.91 Å². The number of halogens is 1. The van der Waals surface area contributed by atoms with Gasteiger partial charge in [-0.25, -0.2) is 0 Å². The number of hydrogen-bond donors (Lipinski definition) is 2. The molecule has 3 rings (SSSR count). The monoisotopic (exact) mass is 332 g/mol. The minimum Gasteiger partial charge on any atom is -0.456 e. The Morgan fingerprint density at radius 3 is 2.85 bits per heavy atom. The van der Waals surface area contributed by atoms with E-state index in [2.05, 4.69) is 21.2 Å². The Kier molecular flexibility index (Phi) is 3.23. The normalized spacial score (nSPS) is 16.8. The van der Waals surface area contributed by atoms with Gasteiger partial charge in [-0.2, -0.15) is 0 Å². The molecule has 0 fully saturated rings. The van der Waals surface area contributed by atoms with Gasteiger partial charge in [0.1, 0.15) is 17.5 Å². The molecule has 0 saturated carbocycles. The third-order valence-electron chi connectivity index (χ3n) is 3.20. The lowest BCUT2D eigenvalue weighted by atomic mass is 10.1. The van der Waals surface area contributed by atoms with Gasteiger partial charge in [-0.15, -0.1) is 0 Å². The number of anilines is 1. The number of benzene rings is 2. The molecule has 2 aromatic carbocycles. The maximum atomic E-state index is 11.6. The summed E-state index contributed by atoms with van der Waals surface area (Å²) >= 11 is 3.45. The van der Waals surface area contributed by atoms with E-state index in [4.69, 9.17) is 10.5 Å². The van der Waals surface area contributed by atoms with Crippen LogP contribution in [0.3, 0.4) is 0 Å². The molecule has 0 aromatic heterocycles. The van der Waals surface area contributed by atoms with Gasteiger partial charge in [0.15, 0.2) is 0 Å². The SMILES string of the molecule is Cc1cccc(Oc2cc3c(cc2Br)C(N)C(=O)N3)c1. The molecule has 20 heavy (non-hydrogen) atoms. The summed E-state index contributed by atoms with van der Waals surface area (Å²) in [6, 6.07) is 10.8. The van der Waals surface area contributed by atoms with E-state index in [1.54, 1.807) is 6.07 Å². The molecule has 102 valence electrons. The van der Waals surface area contributed by atoms with Crippen molar-refractivity contribution in [3.8, 4) is 11.5 Å². The van der Waals surface area contributed by atoms with Crippen molar-refractivity contribution in [3.05, 3.63) is 52.0 Å². The first-order valence-corrected chi connectivity index (χ1v) is 6.98. The van der Waals surface area contributed by atoms with E-state index >= 15 is 0 Å². The molecule has 0 saturated heterocycles. The summed E-state index contributed by atoms with van der Waals surface area (Å²) in [6.45, 7) is 2.00. The minimum absolute atomic E-state index is 0.195. The quantitative estimate of drug-likeness (QED) is 0.884. The number of rotatable bonds is 2. The smallest absolute Gasteiger partial charge is 0.245 e. The van der Waals surface area contributed by atoms with Crippen LogP contribution < -0.4 is 15.8 Å². The number of carbonyl (C=O) groups excluding carboxylic acids is 1. The fourth-order valence-corrected chi connectivity index (χ4v) is 2.61. The highest BCUT2D eigenvalue weighted by atomic mass is 79.9. The molecule has 1 atom stereocenters. The Balaban J connectivity index is 1.96. The second-order valence-electron chi connectivity index (χ2n) is 4.76. The largest absolute Gasteiger partial charge is 0.456 e. The Bertz CT molecular complexity index is 700. The molecule has 5 heteroatoms. The maximum Gasteiger partial charge on any atom is 0.245 e. The van der Waals surface area contributed by atoms with Crippen LogP contribution >= 0.6 is 15.9 Å². The summed E-state index contributed by atoms with van der Waals surface area (Å²) in [5.41, 5.74) is 8.41. The maximum absolute atomic E-state index is 11.6. The van der Waals surface area contributed by atoms with Crippen molar-refractivity contribution in [2.75, 3.05) is 5.32 Å². The second-order valence-corrected chi connectivity index (χ2v) is 5.61.